The highest BCUT2D eigenvalue weighted by molar-refractivity contribution is 6.66. The lowest BCUT2D eigenvalue weighted by Crippen LogP contribution is -2.49. The van der Waals surface area contributed by atoms with Crippen LogP contribution in [0.4, 0.5) is 0 Å². The number of allylic oxidation sites excluding steroid dienone is 4. The minimum atomic E-state index is -1.56. The second kappa shape index (κ2) is 6.50. The first-order chi connectivity index (χ1) is 14.1. The van der Waals surface area contributed by atoms with Crippen LogP contribution in [-0.2, 0) is 0 Å². The lowest BCUT2D eigenvalue weighted by Gasteiger charge is -2.47. The quantitative estimate of drug-likeness (QED) is 0.193. The largest absolute Gasteiger partial charge is 0.166 e. The van der Waals surface area contributed by atoms with Crippen LogP contribution in [0.1, 0.15) is 19.3 Å². The molecule has 6 rings (SSSR count). The SMILES string of the molecule is ClC1=C(Cl)C2(Cl)C(C3CC4CC3C3C4C4(Cl)C(Cl)=C(Cl)C3(Cl)C4(Cl)Cl)CC1(Cl)C2(Cl)Cl. The Morgan fingerprint density at radius 3 is 1.55 bits per heavy atom. The first kappa shape index (κ1) is 24.3. The van der Waals surface area contributed by atoms with E-state index in [2.05, 4.69) is 0 Å². The second-order valence-corrected chi connectivity index (χ2v) is 16.4. The summed E-state index contributed by atoms with van der Waals surface area (Å²) in [6.07, 6.45) is 2.06. The zero-order valence-electron chi connectivity index (χ0n) is 15.1. The Labute approximate surface area is 240 Å². The van der Waals surface area contributed by atoms with E-state index in [-0.39, 0.29) is 55.6 Å². The fourth-order valence-electron chi connectivity index (χ4n) is 7.96. The van der Waals surface area contributed by atoms with Crippen molar-refractivity contribution in [1.29, 1.82) is 0 Å². The molecule has 6 bridgehead atoms. The smallest absolute Gasteiger partial charge is 0.110 e. The maximum Gasteiger partial charge on any atom is 0.166 e. The molecule has 0 radical (unpaired) electrons. The Morgan fingerprint density at radius 1 is 0.548 bits per heavy atom. The van der Waals surface area contributed by atoms with E-state index in [1.807, 2.05) is 0 Å². The molecule has 6 aliphatic carbocycles. The minimum absolute atomic E-state index is 0.0578. The number of hydrogen-bond acceptors (Lipinski definition) is 0. The normalized spacial score (nSPS) is 60.0. The molecule has 0 N–H and O–H groups in total. The molecule has 0 amide bonds. The molecule has 0 heterocycles. The number of fused-ring (bicyclic) bond motifs is 11. The van der Waals surface area contributed by atoms with Crippen molar-refractivity contribution in [2.75, 3.05) is 0 Å². The molecule has 0 aromatic heterocycles. The van der Waals surface area contributed by atoms with Gasteiger partial charge in [-0.05, 0) is 54.8 Å². The summed E-state index contributed by atoms with van der Waals surface area (Å²) in [6, 6.07) is 0. The predicted molar refractivity (Wildman–Crippen MR) is 135 cm³/mol. The standard InChI is InChI=1S/C19H12Cl12/c20-10-11(21)15(25)7(3-14(10,24)18(15,28)29)5-1-4-2-6(5)9-8(4)16(26)12(22)13(23)17(9,27)19(16,30)31/h4-9H,1-3H2. The van der Waals surface area contributed by atoms with E-state index in [0.717, 1.165) is 12.8 Å². The van der Waals surface area contributed by atoms with E-state index in [4.69, 9.17) is 139 Å². The Balaban J connectivity index is 1.46. The number of rotatable bonds is 1. The molecule has 6 aliphatic rings. The molecule has 4 fully saturated rings. The highest BCUT2D eigenvalue weighted by Crippen LogP contribution is 2.85. The van der Waals surface area contributed by atoms with E-state index in [9.17, 15) is 0 Å². The highest BCUT2D eigenvalue weighted by Gasteiger charge is 2.88. The highest BCUT2D eigenvalue weighted by atomic mass is 35.5. The molecule has 0 aromatic rings. The van der Waals surface area contributed by atoms with Gasteiger partial charge in [-0.25, -0.2) is 0 Å². The molecular formula is C19H12Cl12. The Morgan fingerprint density at radius 2 is 1.03 bits per heavy atom. The molecule has 0 aliphatic heterocycles. The first-order valence-electron chi connectivity index (χ1n) is 9.70. The van der Waals surface area contributed by atoms with Gasteiger partial charge in [0.25, 0.3) is 0 Å². The molecular weight excluding hydrogens is 654 g/mol. The van der Waals surface area contributed by atoms with Crippen molar-refractivity contribution in [3.63, 3.8) is 0 Å². The van der Waals surface area contributed by atoms with E-state index in [1.165, 1.54) is 0 Å². The fourth-order valence-corrected chi connectivity index (χ4v) is 14.0. The molecule has 4 saturated carbocycles. The van der Waals surface area contributed by atoms with Crippen molar-refractivity contribution in [3.8, 4) is 0 Å². The van der Waals surface area contributed by atoms with Crippen LogP contribution in [0.5, 0.6) is 0 Å². The first-order valence-corrected chi connectivity index (χ1v) is 14.2. The van der Waals surface area contributed by atoms with Crippen LogP contribution >= 0.6 is 139 Å². The van der Waals surface area contributed by atoms with Crippen LogP contribution in [0.15, 0.2) is 20.1 Å². The van der Waals surface area contributed by atoms with Gasteiger partial charge in [0.05, 0.1) is 20.1 Å². The maximum absolute atomic E-state index is 7.15. The Bertz CT molecular complexity index is 1000. The molecule has 0 nitrogen and oxygen atoms in total. The fraction of sp³-hybridized carbons (Fsp3) is 0.789. The van der Waals surface area contributed by atoms with Gasteiger partial charge in [-0.2, -0.15) is 0 Å². The third kappa shape index (κ3) is 2.12. The van der Waals surface area contributed by atoms with Crippen molar-refractivity contribution in [2.24, 2.45) is 35.5 Å². The molecule has 12 heteroatoms. The van der Waals surface area contributed by atoms with Gasteiger partial charge in [-0.15, -0.1) is 46.4 Å². The summed E-state index contributed by atoms with van der Waals surface area (Å²) in [5.74, 6) is -0.226. The zero-order chi connectivity index (χ0) is 22.9. The monoisotopic (exact) mass is 660 g/mol. The summed E-state index contributed by atoms with van der Waals surface area (Å²) in [6.45, 7) is 0. The van der Waals surface area contributed by atoms with Gasteiger partial charge < -0.3 is 0 Å². The third-order valence-electron chi connectivity index (χ3n) is 9.06. The number of halogens is 12. The lowest BCUT2D eigenvalue weighted by atomic mass is 9.63. The van der Waals surface area contributed by atoms with Gasteiger partial charge in [0, 0.05) is 0 Å². The van der Waals surface area contributed by atoms with E-state index >= 15 is 0 Å². The Hall–Kier alpha value is 2.96. The lowest BCUT2D eigenvalue weighted by molar-refractivity contribution is 0.109. The van der Waals surface area contributed by atoms with E-state index in [1.54, 1.807) is 0 Å². The average molecular weight is 666 g/mol. The summed E-state index contributed by atoms with van der Waals surface area (Å²) >= 11 is 81.5. The molecule has 172 valence electrons. The summed E-state index contributed by atoms with van der Waals surface area (Å²) < 4.78 is -3.11. The van der Waals surface area contributed by atoms with Crippen LogP contribution < -0.4 is 0 Å². The van der Waals surface area contributed by atoms with Crippen molar-refractivity contribution >= 4 is 139 Å². The topological polar surface area (TPSA) is 0 Å². The molecule has 31 heavy (non-hydrogen) atoms. The van der Waals surface area contributed by atoms with E-state index in [0.29, 0.717) is 6.42 Å². The average Bonchev–Trinajstić information content (AvgIpc) is 3.40. The van der Waals surface area contributed by atoms with Crippen LogP contribution in [0.3, 0.4) is 0 Å². The molecule has 0 aromatic carbocycles. The van der Waals surface area contributed by atoms with Crippen LogP contribution in [0, 0.1) is 35.5 Å². The summed E-state index contributed by atoms with van der Waals surface area (Å²) in [4.78, 5) is -5.11. The van der Waals surface area contributed by atoms with Crippen LogP contribution in [0.25, 0.3) is 0 Å². The maximum atomic E-state index is 7.15. The van der Waals surface area contributed by atoms with Gasteiger partial charge in [-0.1, -0.05) is 92.8 Å². The second-order valence-electron chi connectivity index (χ2n) is 9.76. The summed E-state index contributed by atoms with van der Waals surface area (Å²) in [5.41, 5.74) is 0. The zero-order valence-corrected chi connectivity index (χ0v) is 24.2. The van der Waals surface area contributed by atoms with Gasteiger partial charge in [0.1, 0.15) is 19.5 Å². The Kier molecular flexibility index (Phi) is 5.10. The van der Waals surface area contributed by atoms with E-state index < -0.39 is 28.2 Å². The van der Waals surface area contributed by atoms with Crippen LogP contribution in [-0.4, -0.2) is 28.2 Å². The number of alkyl halides is 8. The van der Waals surface area contributed by atoms with Gasteiger partial charge >= 0.3 is 0 Å². The van der Waals surface area contributed by atoms with Gasteiger partial charge in [-0.3, -0.25) is 0 Å². The molecule has 0 saturated heterocycles. The summed E-state index contributed by atoms with van der Waals surface area (Å²) in [7, 11) is 0. The molecule has 10 atom stereocenters. The summed E-state index contributed by atoms with van der Waals surface area (Å²) in [5, 5.41) is 0.877. The third-order valence-corrected chi connectivity index (χ3v) is 17.7. The van der Waals surface area contributed by atoms with Gasteiger partial charge in [0.15, 0.2) is 8.67 Å². The molecule has 0 spiro atoms. The van der Waals surface area contributed by atoms with Gasteiger partial charge in [0.2, 0.25) is 0 Å². The molecule has 10 unspecified atom stereocenters. The number of hydrogen-bond donors (Lipinski definition) is 0. The van der Waals surface area contributed by atoms with Crippen molar-refractivity contribution < 1.29 is 0 Å². The van der Waals surface area contributed by atoms with Crippen molar-refractivity contribution in [1.82, 2.24) is 0 Å². The van der Waals surface area contributed by atoms with Crippen molar-refractivity contribution in [3.05, 3.63) is 20.1 Å². The minimum Gasteiger partial charge on any atom is -0.110 e. The van der Waals surface area contributed by atoms with Crippen molar-refractivity contribution in [2.45, 2.75) is 47.4 Å². The predicted octanol–water partition coefficient (Wildman–Crippen LogP) is 9.57. The van der Waals surface area contributed by atoms with Crippen LogP contribution in [0.2, 0.25) is 0 Å².